The lowest BCUT2D eigenvalue weighted by atomic mass is 10.0. The fraction of sp³-hybridized carbons (Fsp3) is 0.207. The Morgan fingerprint density at radius 1 is 1.08 bits per heavy atom. The number of halogens is 1. The quantitative estimate of drug-likeness (QED) is 0.216. The average Bonchev–Trinajstić information content (AvgIpc) is 2.92. The molecule has 4 aromatic rings. The Bertz CT molecular complexity index is 1440. The van der Waals surface area contributed by atoms with Gasteiger partial charge in [0.2, 0.25) is 5.95 Å². The number of nitrogens with zero attached hydrogens (tertiary/aromatic N) is 4. The molecule has 3 aromatic carbocycles. The number of hydrogen-bond acceptors (Lipinski definition) is 8. The summed E-state index contributed by atoms with van der Waals surface area (Å²) in [6.45, 7) is 5.60. The van der Waals surface area contributed by atoms with Crippen LogP contribution in [-0.4, -0.2) is 47.1 Å². The zero-order valence-corrected chi connectivity index (χ0v) is 21.2. The number of ether oxygens (including phenoxy) is 1. The number of aromatic hydroxyl groups is 1. The summed E-state index contributed by atoms with van der Waals surface area (Å²) in [4.78, 5) is 10.2. The molecule has 1 aliphatic heterocycles. The molecule has 1 atom stereocenters. The van der Waals surface area contributed by atoms with Crippen LogP contribution in [0.25, 0.3) is 11.1 Å². The van der Waals surface area contributed by atoms with Crippen LogP contribution in [0.3, 0.4) is 0 Å². The molecule has 194 valence electrons. The van der Waals surface area contributed by atoms with Crippen LogP contribution in [-0.2, 0) is 4.74 Å². The van der Waals surface area contributed by atoms with Crippen molar-refractivity contribution in [2.45, 2.75) is 19.9 Å². The molecule has 5 rings (SSSR count). The Kier molecular flexibility index (Phi) is 7.46. The number of rotatable bonds is 7. The Balaban J connectivity index is 1.22. The van der Waals surface area contributed by atoms with E-state index in [0.717, 1.165) is 39.8 Å². The minimum Gasteiger partial charge on any atom is -0.508 e. The van der Waals surface area contributed by atoms with Gasteiger partial charge in [0.25, 0.3) is 0 Å². The maximum Gasteiger partial charge on any atom is 0.245 e. The van der Waals surface area contributed by atoms with Crippen molar-refractivity contribution < 1.29 is 14.2 Å². The lowest BCUT2D eigenvalue weighted by molar-refractivity contribution is 0.0981. The standard InChI is InChI=1S/C29H29FN6O2/c1-19-14-25(33-24-9-6-21(7-10-24)22-4-3-5-26(37)15-22)11-8-23(19)16-32-35-29-31-17-27(30)28(34-29)36-12-13-38-18-20(36)2/h3-11,14-17,20,33,37H,12-13,18H2,1-2H3,(H,31,34,35)/b32-16+. The largest absolute Gasteiger partial charge is 0.508 e. The first-order chi connectivity index (χ1) is 18.5. The molecular weight excluding hydrogens is 483 g/mol. The molecule has 8 nitrogen and oxygen atoms in total. The van der Waals surface area contributed by atoms with Crippen LogP contribution in [0.4, 0.5) is 27.5 Å². The molecule has 0 amide bonds. The van der Waals surface area contributed by atoms with E-state index in [4.69, 9.17) is 4.74 Å². The van der Waals surface area contributed by atoms with Crippen LogP contribution in [0.5, 0.6) is 5.75 Å². The van der Waals surface area contributed by atoms with Gasteiger partial charge < -0.3 is 20.1 Å². The van der Waals surface area contributed by atoms with E-state index in [1.54, 1.807) is 18.3 Å². The minimum atomic E-state index is -0.471. The zero-order valence-electron chi connectivity index (χ0n) is 21.2. The number of morpholine rings is 1. The van der Waals surface area contributed by atoms with Crippen LogP contribution in [0.1, 0.15) is 18.1 Å². The van der Waals surface area contributed by atoms with Crippen LogP contribution in [0.15, 0.2) is 78.0 Å². The van der Waals surface area contributed by atoms with Gasteiger partial charge in [0.15, 0.2) is 11.6 Å². The van der Waals surface area contributed by atoms with Crippen LogP contribution in [0.2, 0.25) is 0 Å². The molecule has 38 heavy (non-hydrogen) atoms. The van der Waals surface area contributed by atoms with Crippen molar-refractivity contribution in [3.63, 3.8) is 0 Å². The number of aromatic nitrogens is 2. The maximum absolute atomic E-state index is 14.4. The third kappa shape index (κ3) is 5.90. The topological polar surface area (TPSA) is 94.9 Å². The minimum absolute atomic E-state index is 0.0237. The molecule has 0 spiro atoms. The van der Waals surface area contributed by atoms with Gasteiger partial charge in [-0.2, -0.15) is 10.1 Å². The van der Waals surface area contributed by atoms with Crippen molar-refractivity contribution in [3.05, 3.63) is 89.9 Å². The summed E-state index contributed by atoms with van der Waals surface area (Å²) in [5.74, 6) is 0.245. The normalized spacial score (nSPS) is 15.6. The number of aryl methyl sites for hydroxylation is 1. The molecule has 1 aliphatic rings. The van der Waals surface area contributed by atoms with Gasteiger partial charge in [-0.25, -0.2) is 14.8 Å². The first kappa shape index (κ1) is 25.2. The smallest absolute Gasteiger partial charge is 0.245 e. The van der Waals surface area contributed by atoms with E-state index in [1.165, 1.54) is 0 Å². The highest BCUT2D eigenvalue weighted by Gasteiger charge is 2.23. The molecule has 0 saturated carbocycles. The van der Waals surface area contributed by atoms with E-state index in [0.29, 0.717) is 19.8 Å². The van der Waals surface area contributed by atoms with Crippen molar-refractivity contribution in [2.24, 2.45) is 5.10 Å². The predicted octanol–water partition coefficient (Wildman–Crippen LogP) is 5.71. The van der Waals surface area contributed by atoms with Gasteiger partial charge in [-0.05, 0) is 72.5 Å². The number of anilines is 4. The summed E-state index contributed by atoms with van der Waals surface area (Å²) >= 11 is 0. The summed E-state index contributed by atoms with van der Waals surface area (Å²) in [5, 5.41) is 17.4. The Morgan fingerprint density at radius 2 is 1.89 bits per heavy atom. The van der Waals surface area contributed by atoms with Gasteiger partial charge in [0, 0.05) is 17.9 Å². The van der Waals surface area contributed by atoms with E-state index < -0.39 is 5.82 Å². The van der Waals surface area contributed by atoms with Crippen LogP contribution < -0.4 is 15.6 Å². The second kappa shape index (κ2) is 11.3. The number of phenols is 1. The zero-order chi connectivity index (χ0) is 26.5. The molecule has 3 N–H and O–H groups in total. The monoisotopic (exact) mass is 512 g/mol. The fourth-order valence-corrected chi connectivity index (χ4v) is 4.31. The van der Waals surface area contributed by atoms with Crippen LogP contribution in [0, 0.1) is 12.7 Å². The molecule has 0 aliphatic carbocycles. The third-order valence-corrected chi connectivity index (χ3v) is 6.36. The second-order valence-corrected chi connectivity index (χ2v) is 9.18. The maximum atomic E-state index is 14.4. The molecule has 9 heteroatoms. The summed E-state index contributed by atoms with van der Waals surface area (Å²) in [6.07, 6.45) is 2.84. The van der Waals surface area contributed by atoms with Gasteiger partial charge >= 0.3 is 0 Å². The molecule has 1 unspecified atom stereocenters. The second-order valence-electron chi connectivity index (χ2n) is 9.18. The highest BCUT2D eigenvalue weighted by molar-refractivity contribution is 5.83. The van der Waals surface area contributed by atoms with Gasteiger partial charge in [-0.1, -0.05) is 30.3 Å². The summed E-state index contributed by atoms with van der Waals surface area (Å²) < 4.78 is 19.8. The number of benzene rings is 3. The molecule has 1 saturated heterocycles. The summed E-state index contributed by atoms with van der Waals surface area (Å²) in [7, 11) is 0. The Hall–Kier alpha value is -4.50. The SMILES string of the molecule is Cc1cc(Nc2ccc(-c3cccc(O)c3)cc2)ccc1/C=N/Nc1ncc(F)c(N2CCOCC2C)n1. The molecule has 1 fully saturated rings. The van der Waals surface area contributed by atoms with Crippen molar-refractivity contribution in [3.8, 4) is 16.9 Å². The van der Waals surface area contributed by atoms with Gasteiger partial charge in [-0.15, -0.1) is 0 Å². The van der Waals surface area contributed by atoms with E-state index in [9.17, 15) is 9.50 Å². The molecule has 2 heterocycles. The lowest BCUT2D eigenvalue weighted by Crippen LogP contribution is -2.44. The Morgan fingerprint density at radius 3 is 2.66 bits per heavy atom. The van der Waals surface area contributed by atoms with Crippen molar-refractivity contribution in [1.29, 1.82) is 0 Å². The number of phenolic OH excluding ortho intramolecular Hbond substituents is 1. The van der Waals surface area contributed by atoms with Gasteiger partial charge in [0.1, 0.15) is 5.75 Å². The number of hydrazone groups is 1. The van der Waals surface area contributed by atoms with Gasteiger partial charge in [-0.3, -0.25) is 0 Å². The highest BCUT2D eigenvalue weighted by Crippen LogP contribution is 2.26. The van der Waals surface area contributed by atoms with E-state index in [-0.39, 0.29) is 23.6 Å². The number of nitrogens with one attached hydrogen (secondary N) is 2. The third-order valence-electron chi connectivity index (χ3n) is 6.36. The van der Waals surface area contributed by atoms with Crippen LogP contribution >= 0.6 is 0 Å². The molecule has 0 bridgehead atoms. The van der Waals surface area contributed by atoms with Crippen molar-refractivity contribution in [2.75, 3.05) is 35.4 Å². The van der Waals surface area contributed by atoms with E-state index in [2.05, 4.69) is 25.8 Å². The highest BCUT2D eigenvalue weighted by atomic mass is 19.1. The van der Waals surface area contributed by atoms with Crippen molar-refractivity contribution in [1.82, 2.24) is 9.97 Å². The number of hydrogen-bond donors (Lipinski definition) is 3. The van der Waals surface area contributed by atoms with E-state index in [1.807, 2.05) is 73.3 Å². The summed E-state index contributed by atoms with van der Waals surface area (Å²) in [5.41, 5.74) is 8.65. The summed E-state index contributed by atoms with van der Waals surface area (Å²) in [6, 6.07) is 21.2. The fourth-order valence-electron chi connectivity index (χ4n) is 4.31. The predicted molar refractivity (Wildman–Crippen MR) is 149 cm³/mol. The average molecular weight is 513 g/mol. The van der Waals surface area contributed by atoms with Gasteiger partial charge in [0.05, 0.1) is 31.7 Å². The molecular formula is C29H29FN6O2. The van der Waals surface area contributed by atoms with Crippen molar-refractivity contribution >= 4 is 29.4 Å². The first-order valence-corrected chi connectivity index (χ1v) is 12.4. The van der Waals surface area contributed by atoms with E-state index >= 15 is 0 Å². The first-order valence-electron chi connectivity index (χ1n) is 12.4. The Labute approximate surface area is 220 Å². The molecule has 0 radical (unpaired) electrons. The molecule has 1 aromatic heterocycles. The lowest BCUT2D eigenvalue weighted by Gasteiger charge is -2.34.